The topological polar surface area (TPSA) is 40.5 Å². The van der Waals surface area contributed by atoms with E-state index in [1.807, 2.05) is 18.2 Å². The lowest BCUT2D eigenvalue weighted by atomic mass is 10.1. The summed E-state index contributed by atoms with van der Waals surface area (Å²) in [5.74, 6) is 0.977. The highest BCUT2D eigenvalue weighted by molar-refractivity contribution is 5.30. The number of benzene rings is 1. The molecule has 2 nitrogen and oxygen atoms in total. The minimum Gasteiger partial charge on any atom is -0.396 e. The number of hydrogen-bond donors (Lipinski definition) is 2. The van der Waals surface area contributed by atoms with E-state index in [9.17, 15) is 0 Å². The molecule has 13 heavy (non-hydrogen) atoms. The summed E-state index contributed by atoms with van der Waals surface area (Å²) in [4.78, 5) is 0. The Bertz CT molecular complexity index is 296. The Hall–Kier alpha value is -0.860. The van der Waals surface area contributed by atoms with Crippen LogP contribution in [0.15, 0.2) is 24.3 Å². The Morgan fingerprint density at radius 3 is 2.77 bits per heavy atom. The van der Waals surface area contributed by atoms with Gasteiger partial charge in [-0.05, 0) is 29.4 Å². The molecule has 1 saturated carbocycles. The summed E-state index contributed by atoms with van der Waals surface area (Å²) in [5.41, 5.74) is 2.21. The first-order chi connectivity index (χ1) is 6.35. The van der Waals surface area contributed by atoms with Gasteiger partial charge in [0, 0.05) is 6.61 Å². The van der Waals surface area contributed by atoms with Gasteiger partial charge in [0.2, 0.25) is 0 Å². The van der Waals surface area contributed by atoms with E-state index in [4.69, 9.17) is 10.2 Å². The van der Waals surface area contributed by atoms with Gasteiger partial charge in [-0.2, -0.15) is 0 Å². The van der Waals surface area contributed by atoms with Gasteiger partial charge in [-0.25, -0.2) is 0 Å². The standard InChI is InChI=1S/C11H14O2/c12-6-8-2-1-3-9(4-8)11-5-10(11)7-13/h1-4,10-13H,5-7H2. The minimum atomic E-state index is 0.102. The molecule has 0 bridgehead atoms. The molecule has 0 radical (unpaired) electrons. The molecule has 1 aliphatic rings. The van der Waals surface area contributed by atoms with Crippen molar-refractivity contribution in [2.75, 3.05) is 6.61 Å². The summed E-state index contributed by atoms with van der Waals surface area (Å²) in [6.07, 6.45) is 1.09. The largest absolute Gasteiger partial charge is 0.396 e. The Morgan fingerprint density at radius 1 is 1.31 bits per heavy atom. The molecule has 1 aromatic rings. The quantitative estimate of drug-likeness (QED) is 0.732. The molecule has 0 spiro atoms. The van der Waals surface area contributed by atoms with Crippen LogP contribution in [0.3, 0.4) is 0 Å². The second-order valence-corrected chi connectivity index (χ2v) is 3.69. The van der Waals surface area contributed by atoms with Gasteiger partial charge in [0.25, 0.3) is 0 Å². The van der Waals surface area contributed by atoms with Crippen LogP contribution in [-0.4, -0.2) is 16.8 Å². The van der Waals surface area contributed by atoms with Crippen molar-refractivity contribution in [3.63, 3.8) is 0 Å². The van der Waals surface area contributed by atoms with E-state index in [0.717, 1.165) is 12.0 Å². The second kappa shape index (κ2) is 3.48. The summed E-state index contributed by atoms with van der Waals surface area (Å²) in [6, 6.07) is 7.98. The van der Waals surface area contributed by atoms with E-state index in [-0.39, 0.29) is 13.2 Å². The smallest absolute Gasteiger partial charge is 0.0681 e. The number of aliphatic hydroxyl groups excluding tert-OH is 2. The summed E-state index contributed by atoms with van der Waals surface area (Å²) >= 11 is 0. The molecular weight excluding hydrogens is 164 g/mol. The average molecular weight is 178 g/mol. The maximum absolute atomic E-state index is 8.94. The van der Waals surface area contributed by atoms with Gasteiger partial charge in [-0.1, -0.05) is 24.3 Å². The molecule has 1 aromatic carbocycles. The molecule has 2 unspecified atom stereocenters. The first-order valence-electron chi connectivity index (χ1n) is 4.65. The zero-order valence-electron chi connectivity index (χ0n) is 7.48. The molecule has 0 aromatic heterocycles. The molecule has 1 aliphatic carbocycles. The highest BCUT2D eigenvalue weighted by Crippen LogP contribution is 2.46. The fraction of sp³-hybridized carbons (Fsp3) is 0.455. The summed E-state index contributed by atoms with van der Waals surface area (Å²) in [5, 5.41) is 17.9. The van der Waals surface area contributed by atoms with Crippen LogP contribution < -0.4 is 0 Å². The predicted molar refractivity (Wildman–Crippen MR) is 50.3 cm³/mol. The minimum absolute atomic E-state index is 0.102. The van der Waals surface area contributed by atoms with Crippen molar-refractivity contribution in [2.24, 2.45) is 5.92 Å². The van der Waals surface area contributed by atoms with Crippen molar-refractivity contribution in [3.05, 3.63) is 35.4 Å². The normalized spacial score (nSPS) is 26.0. The molecule has 0 heterocycles. The molecule has 0 saturated heterocycles. The van der Waals surface area contributed by atoms with E-state index in [1.54, 1.807) is 0 Å². The molecule has 2 N–H and O–H groups in total. The van der Waals surface area contributed by atoms with E-state index >= 15 is 0 Å². The second-order valence-electron chi connectivity index (χ2n) is 3.69. The van der Waals surface area contributed by atoms with Crippen LogP contribution in [-0.2, 0) is 6.61 Å². The maximum Gasteiger partial charge on any atom is 0.0681 e. The van der Waals surface area contributed by atoms with Gasteiger partial charge in [0.15, 0.2) is 0 Å². The molecule has 2 heteroatoms. The predicted octanol–water partition coefficient (Wildman–Crippen LogP) is 1.27. The summed E-state index contributed by atoms with van der Waals surface area (Å²) in [6.45, 7) is 0.387. The van der Waals surface area contributed by atoms with E-state index in [0.29, 0.717) is 11.8 Å². The first-order valence-corrected chi connectivity index (χ1v) is 4.65. The van der Waals surface area contributed by atoms with Crippen molar-refractivity contribution < 1.29 is 10.2 Å². The zero-order chi connectivity index (χ0) is 9.26. The monoisotopic (exact) mass is 178 g/mol. The lowest BCUT2D eigenvalue weighted by molar-refractivity contribution is 0.273. The van der Waals surface area contributed by atoms with Gasteiger partial charge >= 0.3 is 0 Å². The number of rotatable bonds is 3. The first kappa shape index (κ1) is 8.73. The third-order valence-electron chi connectivity index (χ3n) is 2.72. The van der Waals surface area contributed by atoms with Gasteiger partial charge in [0.1, 0.15) is 0 Å². The summed E-state index contributed by atoms with van der Waals surface area (Å²) in [7, 11) is 0. The maximum atomic E-state index is 8.94. The molecular formula is C11H14O2. The third-order valence-corrected chi connectivity index (χ3v) is 2.72. The SMILES string of the molecule is OCc1cccc(C2CC2CO)c1. The highest BCUT2D eigenvalue weighted by atomic mass is 16.3. The number of aliphatic hydroxyl groups is 2. The third kappa shape index (κ3) is 1.74. The Morgan fingerprint density at radius 2 is 2.15 bits per heavy atom. The van der Waals surface area contributed by atoms with Crippen molar-refractivity contribution in [1.82, 2.24) is 0 Å². The van der Waals surface area contributed by atoms with Crippen LogP contribution in [0.25, 0.3) is 0 Å². The zero-order valence-corrected chi connectivity index (χ0v) is 7.48. The Kier molecular flexibility index (Phi) is 2.34. The molecule has 2 atom stereocenters. The average Bonchev–Trinajstić information content (AvgIpc) is 2.97. The van der Waals surface area contributed by atoms with Gasteiger partial charge in [-0.3, -0.25) is 0 Å². The van der Waals surface area contributed by atoms with E-state index in [2.05, 4.69) is 6.07 Å². The molecule has 1 fully saturated rings. The molecule has 2 rings (SSSR count). The lowest BCUT2D eigenvalue weighted by Gasteiger charge is -2.01. The number of hydrogen-bond acceptors (Lipinski definition) is 2. The van der Waals surface area contributed by atoms with Crippen LogP contribution in [0.1, 0.15) is 23.5 Å². The van der Waals surface area contributed by atoms with Crippen LogP contribution in [0.2, 0.25) is 0 Å². The van der Waals surface area contributed by atoms with Crippen molar-refractivity contribution in [2.45, 2.75) is 18.9 Å². The van der Waals surface area contributed by atoms with Crippen molar-refractivity contribution in [1.29, 1.82) is 0 Å². The Balaban J connectivity index is 2.13. The van der Waals surface area contributed by atoms with Gasteiger partial charge < -0.3 is 10.2 Å². The lowest BCUT2D eigenvalue weighted by Crippen LogP contribution is -1.90. The molecule has 0 amide bonds. The molecule has 0 aliphatic heterocycles. The fourth-order valence-corrected chi connectivity index (χ4v) is 1.78. The van der Waals surface area contributed by atoms with E-state index < -0.39 is 0 Å². The fourth-order valence-electron chi connectivity index (χ4n) is 1.78. The molecule has 70 valence electrons. The van der Waals surface area contributed by atoms with Crippen LogP contribution in [0.5, 0.6) is 0 Å². The van der Waals surface area contributed by atoms with Crippen molar-refractivity contribution >= 4 is 0 Å². The van der Waals surface area contributed by atoms with Crippen LogP contribution in [0, 0.1) is 5.92 Å². The highest BCUT2D eigenvalue weighted by Gasteiger charge is 2.37. The van der Waals surface area contributed by atoms with Gasteiger partial charge in [-0.15, -0.1) is 0 Å². The van der Waals surface area contributed by atoms with E-state index in [1.165, 1.54) is 5.56 Å². The van der Waals surface area contributed by atoms with Crippen molar-refractivity contribution in [3.8, 4) is 0 Å². The van der Waals surface area contributed by atoms with Crippen LogP contribution >= 0.6 is 0 Å². The summed E-state index contributed by atoms with van der Waals surface area (Å²) < 4.78 is 0. The Labute approximate surface area is 77.8 Å². The van der Waals surface area contributed by atoms with Gasteiger partial charge in [0.05, 0.1) is 6.61 Å². The van der Waals surface area contributed by atoms with Crippen LogP contribution in [0.4, 0.5) is 0 Å².